The molecule has 3 aliphatic rings. The molecule has 7 rings (SSSR count). The third kappa shape index (κ3) is 5.87. The zero-order valence-electron chi connectivity index (χ0n) is 22.5. The van der Waals surface area contributed by atoms with Crippen LogP contribution >= 0.6 is 24.8 Å². The van der Waals surface area contributed by atoms with Gasteiger partial charge in [0.1, 0.15) is 18.5 Å². The van der Waals surface area contributed by atoms with E-state index in [4.69, 9.17) is 9.47 Å². The summed E-state index contributed by atoms with van der Waals surface area (Å²) in [5.41, 5.74) is 5.61. The molecule has 2 aromatic heterocycles. The minimum absolute atomic E-state index is 0. The van der Waals surface area contributed by atoms with Gasteiger partial charge < -0.3 is 25.4 Å². The molecule has 0 spiro atoms. The predicted molar refractivity (Wildman–Crippen MR) is 161 cm³/mol. The fourth-order valence-corrected chi connectivity index (χ4v) is 6.30. The molecule has 1 saturated carbocycles. The third-order valence-corrected chi connectivity index (χ3v) is 8.41. The topological polar surface area (TPSA) is 113 Å². The quantitative estimate of drug-likeness (QED) is 0.344. The monoisotopic (exact) mass is 593 g/mol. The summed E-state index contributed by atoms with van der Waals surface area (Å²) < 4.78 is 26.7. The van der Waals surface area contributed by atoms with Crippen molar-refractivity contribution in [3.8, 4) is 11.5 Å². The molecule has 7 nitrogen and oxygen atoms in total. The number of ether oxygens (including phenoxy) is 2. The summed E-state index contributed by atoms with van der Waals surface area (Å²) in [5, 5.41) is 2.07. The van der Waals surface area contributed by atoms with Gasteiger partial charge in [0.15, 0.2) is 11.5 Å². The number of halogens is 3. The zero-order valence-corrected chi connectivity index (χ0v) is 24.2. The second kappa shape index (κ2) is 12.9. The molecule has 2 atom stereocenters. The Bertz CT molecular complexity index is 1460. The van der Waals surface area contributed by atoms with Gasteiger partial charge in [-0.2, -0.15) is 0 Å². The Morgan fingerprint density at radius 1 is 1.00 bits per heavy atom. The van der Waals surface area contributed by atoms with Crippen LogP contribution in [-0.4, -0.2) is 57.7 Å². The molecule has 0 radical (unpaired) electrons. The third-order valence-electron chi connectivity index (χ3n) is 8.41. The summed E-state index contributed by atoms with van der Waals surface area (Å²) in [7, 11) is 0. The maximum absolute atomic E-state index is 14.0. The molecule has 40 heavy (non-hydrogen) atoms. The van der Waals surface area contributed by atoms with Crippen molar-refractivity contribution in [3.63, 3.8) is 0 Å². The lowest BCUT2D eigenvalue weighted by Crippen LogP contribution is -2.50. The van der Waals surface area contributed by atoms with Gasteiger partial charge in [0.25, 0.3) is 0 Å². The summed E-state index contributed by atoms with van der Waals surface area (Å²) in [5.74, 6) is 2.04. The van der Waals surface area contributed by atoms with Crippen LogP contribution in [0.25, 0.3) is 21.8 Å². The molecule has 3 heterocycles. The molecule has 2 aromatic carbocycles. The van der Waals surface area contributed by atoms with Crippen molar-refractivity contribution >= 4 is 46.6 Å². The van der Waals surface area contributed by atoms with Gasteiger partial charge in [-0.3, -0.25) is 9.88 Å². The molecule has 1 aliphatic heterocycles. The van der Waals surface area contributed by atoms with Crippen LogP contribution in [0.1, 0.15) is 42.6 Å². The van der Waals surface area contributed by atoms with E-state index < -0.39 is 0 Å². The minimum Gasteiger partial charge on any atom is -0.486 e. The standard InChI is InChI=1S/C30H32FN3O2.2ClH.2H2O/c1-18-5-8-23-26(32-18)11-12-29-30(23)36-22(17-35-29)16-34(21-3-2-4-21)15-19-6-9-27-24(13-19)25-14-20(31)7-10-28(25)33-27;;;;/h5,7-8,10-12,14,19,21-22,33H,2-4,6,9,13,15-17H2,1H3;2*1H;2*1H2/t19?,22-;;;;/m0..../s1. The van der Waals surface area contributed by atoms with Crippen molar-refractivity contribution in [2.24, 2.45) is 5.92 Å². The van der Waals surface area contributed by atoms with E-state index in [0.29, 0.717) is 18.6 Å². The normalized spacial score (nSPS) is 19.5. The number of aryl methyl sites for hydroxylation is 2. The van der Waals surface area contributed by atoms with Gasteiger partial charge in [-0.25, -0.2) is 4.39 Å². The van der Waals surface area contributed by atoms with E-state index in [1.165, 1.54) is 30.5 Å². The van der Waals surface area contributed by atoms with Crippen molar-refractivity contribution in [2.45, 2.75) is 57.6 Å². The highest BCUT2D eigenvalue weighted by molar-refractivity contribution is 5.88. The van der Waals surface area contributed by atoms with Crippen LogP contribution in [0.4, 0.5) is 4.39 Å². The first-order valence-electron chi connectivity index (χ1n) is 13.3. The Balaban J connectivity index is 0.00000110. The number of fused-ring (bicyclic) bond motifs is 6. The Morgan fingerprint density at radius 3 is 2.60 bits per heavy atom. The number of hydrogen-bond donors (Lipinski definition) is 1. The smallest absolute Gasteiger partial charge is 0.171 e. The van der Waals surface area contributed by atoms with Gasteiger partial charge >= 0.3 is 0 Å². The lowest BCUT2D eigenvalue weighted by molar-refractivity contribution is 0.0220. The van der Waals surface area contributed by atoms with Gasteiger partial charge in [-0.15, -0.1) is 24.8 Å². The summed E-state index contributed by atoms with van der Waals surface area (Å²) in [4.78, 5) is 10.9. The number of nitrogens with zero attached hydrogens (tertiary/aromatic N) is 2. The van der Waals surface area contributed by atoms with Crippen LogP contribution in [0.5, 0.6) is 11.5 Å². The largest absolute Gasteiger partial charge is 0.486 e. The molecule has 10 heteroatoms. The number of aromatic amines is 1. The summed E-state index contributed by atoms with van der Waals surface area (Å²) in [6.07, 6.45) is 7.00. The Morgan fingerprint density at radius 2 is 1.82 bits per heavy atom. The molecular weight excluding hydrogens is 556 g/mol. The van der Waals surface area contributed by atoms with Crippen molar-refractivity contribution in [1.82, 2.24) is 14.9 Å². The molecular formula is C30H38Cl2FN3O4. The van der Waals surface area contributed by atoms with E-state index >= 15 is 0 Å². The van der Waals surface area contributed by atoms with Crippen molar-refractivity contribution < 1.29 is 24.8 Å². The van der Waals surface area contributed by atoms with Gasteiger partial charge in [0.05, 0.1) is 5.52 Å². The van der Waals surface area contributed by atoms with Gasteiger partial charge in [-0.05, 0) is 93.0 Å². The zero-order chi connectivity index (χ0) is 24.2. The molecule has 1 unspecified atom stereocenters. The summed E-state index contributed by atoms with van der Waals surface area (Å²) >= 11 is 0. The molecule has 4 aromatic rings. The van der Waals surface area contributed by atoms with E-state index in [0.717, 1.165) is 71.4 Å². The van der Waals surface area contributed by atoms with Crippen LogP contribution in [-0.2, 0) is 12.8 Å². The average Bonchev–Trinajstić information content (AvgIpc) is 3.20. The lowest BCUT2D eigenvalue weighted by atomic mass is 9.84. The highest BCUT2D eigenvalue weighted by Crippen LogP contribution is 2.39. The first-order chi connectivity index (χ1) is 17.6. The molecule has 5 N–H and O–H groups in total. The van der Waals surface area contributed by atoms with E-state index in [-0.39, 0.29) is 47.7 Å². The van der Waals surface area contributed by atoms with Crippen LogP contribution in [0.3, 0.4) is 0 Å². The van der Waals surface area contributed by atoms with Gasteiger partial charge in [0, 0.05) is 46.8 Å². The summed E-state index contributed by atoms with van der Waals surface area (Å²) in [6, 6.07) is 13.9. The van der Waals surface area contributed by atoms with Crippen LogP contribution in [0, 0.1) is 18.7 Å². The van der Waals surface area contributed by atoms with Crippen molar-refractivity contribution in [2.75, 3.05) is 19.7 Å². The molecule has 0 bridgehead atoms. The summed E-state index contributed by atoms with van der Waals surface area (Å²) in [6.45, 7) is 4.49. The van der Waals surface area contributed by atoms with Gasteiger partial charge in [-0.1, -0.05) is 6.42 Å². The van der Waals surface area contributed by atoms with Crippen LogP contribution in [0.15, 0.2) is 42.5 Å². The molecule has 0 saturated heterocycles. The van der Waals surface area contributed by atoms with Crippen LogP contribution in [0.2, 0.25) is 0 Å². The number of hydrogen-bond acceptors (Lipinski definition) is 4. The average molecular weight is 595 g/mol. The Labute approximate surface area is 245 Å². The Kier molecular flexibility index (Phi) is 10.3. The number of nitrogens with one attached hydrogen (secondary N) is 1. The Hall–Kier alpha value is -2.62. The van der Waals surface area contributed by atoms with Gasteiger partial charge in [0.2, 0.25) is 0 Å². The van der Waals surface area contributed by atoms with E-state index in [9.17, 15) is 4.39 Å². The van der Waals surface area contributed by atoms with E-state index in [1.807, 2.05) is 31.2 Å². The first kappa shape index (κ1) is 31.9. The van der Waals surface area contributed by atoms with Crippen molar-refractivity contribution in [3.05, 3.63) is 65.2 Å². The fourth-order valence-electron chi connectivity index (χ4n) is 6.30. The number of pyridine rings is 1. The second-order valence-corrected chi connectivity index (χ2v) is 10.9. The molecule has 218 valence electrons. The number of H-pyrrole nitrogens is 1. The van der Waals surface area contributed by atoms with Crippen LogP contribution < -0.4 is 9.47 Å². The number of benzene rings is 2. The highest BCUT2D eigenvalue weighted by atomic mass is 35.5. The first-order valence-corrected chi connectivity index (χ1v) is 13.3. The molecule has 0 amide bonds. The van der Waals surface area contributed by atoms with E-state index in [2.05, 4.69) is 20.9 Å². The minimum atomic E-state index is -0.157. The highest BCUT2D eigenvalue weighted by Gasteiger charge is 2.33. The molecule has 1 fully saturated rings. The second-order valence-electron chi connectivity index (χ2n) is 10.9. The predicted octanol–water partition coefficient (Wildman–Crippen LogP) is 5.16. The number of aromatic nitrogens is 2. The maximum atomic E-state index is 14.0. The maximum Gasteiger partial charge on any atom is 0.171 e. The lowest BCUT2D eigenvalue weighted by Gasteiger charge is -2.42. The molecule has 2 aliphatic carbocycles. The SMILES string of the molecule is Cc1ccc2c3c(ccc2n1)OC[C@H](CN(CC1CCc2[nH]c4ccc(F)cc4c2C1)C1CCC1)O3.Cl.Cl.O.O. The van der Waals surface area contributed by atoms with Crippen molar-refractivity contribution in [1.29, 1.82) is 0 Å². The van der Waals surface area contributed by atoms with E-state index in [1.54, 1.807) is 12.1 Å². The number of rotatable bonds is 5. The fraction of sp³-hybridized carbons (Fsp3) is 0.433.